The van der Waals surface area contributed by atoms with Crippen molar-refractivity contribution < 1.29 is 0 Å². The summed E-state index contributed by atoms with van der Waals surface area (Å²) in [7, 11) is 0. The maximum absolute atomic E-state index is 3.58. The van der Waals surface area contributed by atoms with E-state index in [1.807, 2.05) is 6.07 Å². The number of hydrogen-bond donors (Lipinski definition) is 0. The van der Waals surface area contributed by atoms with Crippen LogP contribution in [0.5, 0.6) is 0 Å². The van der Waals surface area contributed by atoms with Gasteiger partial charge in [-0.05, 0) is 0 Å². The van der Waals surface area contributed by atoms with Crippen LogP contribution in [-0.4, -0.2) is 18.4 Å². The number of hydrogen-bond acceptors (Lipinski definition) is 0. The van der Waals surface area contributed by atoms with Crippen molar-refractivity contribution in [3.63, 3.8) is 0 Å². The molecule has 0 heterocycles. The molecule has 0 N–H and O–H groups in total. The Bertz CT molecular complexity index is 583. The summed E-state index contributed by atoms with van der Waals surface area (Å²) in [5, 5.41) is 0. The fourth-order valence-corrected chi connectivity index (χ4v) is 6.43. The average molecular weight is 355 g/mol. The average Bonchev–Trinajstić information content (AvgIpc) is 2.40. The molecule has 0 atom stereocenters. The Kier molecular flexibility index (Phi) is 4.68. The first kappa shape index (κ1) is 14.2. The van der Waals surface area contributed by atoms with Gasteiger partial charge in [0.1, 0.15) is 0 Å². The molecule has 0 saturated heterocycles. The van der Waals surface area contributed by atoms with Crippen LogP contribution in [0.2, 0.25) is 14.8 Å². The van der Waals surface area contributed by atoms with Crippen LogP contribution in [0.25, 0.3) is 9.67 Å². The van der Waals surface area contributed by atoms with Gasteiger partial charge in [-0.1, -0.05) is 0 Å². The van der Waals surface area contributed by atoms with Gasteiger partial charge in [-0.25, -0.2) is 0 Å². The van der Waals surface area contributed by atoms with E-state index in [9.17, 15) is 0 Å². The zero-order chi connectivity index (χ0) is 13.7. The molecular formula is C18H20Sn. The minimum atomic E-state index is -2.17. The second kappa shape index (κ2) is 6.27. The predicted octanol–water partition coefficient (Wildman–Crippen LogP) is 5.26. The van der Waals surface area contributed by atoms with Gasteiger partial charge in [0.25, 0.3) is 0 Å². The molecule has 2 aromatic carbocycles. The zero-order valence-electron chi connectivity index (χ0n) is 11.9. The van der Waals surface area contributed by atoms with Crippen molar-refractivity contribution in [3.8, 4) is 0 Å². The van der Waals surface area contributed by atoms with Gasteiger partial charge >= 0.3 is 120 Å². The molecule has 2 rings (SSSR count). The quantitative estimate of drug-likeness (QED) is 0.521. The van der Waals surface area contributed by atoms with Gasteiger partial charge in [0.2, 0.25) is 0 Å². The zero-order valence-corrected chi connectivity index (χ0v) is 14.7. The molecule has 0 nitrogen and oxygen atoms in total. The van der Waals surface area contributed by atoms with Gasteiger partial charge in [-0.15, -0.1) is 0 Å². The Morgan fingerprint density at radius 2 is 1.37 bits per heavy atom. The van der Waals surface area contributed by atoms with Crippen molar-refractivity contribution in [1.29, 1.82) is 0 Å². The van der Waals surface area contributed by atoms with Crippen molar-refractivity contribution >= 4 is 28.0 Å². The van der Waals surface area contributed by atoms with Gasteiger partial charge in [0, 0.05) is 0 Å². The maximum atomic E-state index is 3.58. The Labute approximate surface area is 120 Å². The Morgan fingerprint density at radius 3 is 1.89 bits per heavy atom. The van der Waals surface area contributed by atoms with E-state index in [1.165, 1.54) is 14.7 Å². The summed E-state index contributed by atoms with van der Waals surface area (Å²) in [5.74, 6) is 0. The molecular weight excluding hydrogens is 335 g/mol. The summed E-state index contributed by atoms with van der Waals surface area (Å²) >= 11 is -2.17. The summed E-state index contributed by atoms with van der Waals surface area (Å²) in [6, 6.07) is 21.1. The van der Waals surface area contributed by atoms with Gasteiger partial charge in [0.15, 0.2) is 0 Å². The minimum absolute atomic E-state index is 1.21. The molecule has 0 saturated carbocycles. The van der Waals surface area contributed by atoms with E-state index < -0.39 is 18.4 Å². The van der Waals surface area contributed by atoms with E-state index in [0.29, 0.717) is 0 Å². The van der Waals surface area contributed by atoms with Crippen molar-refractivity contribution in [1.82, 2.24) is 0 Å². The van der Waals surface area contributed by atoms with Crippen LogP contribution < -0.4 is 0 Å². The van der Waals surface area contributed by atoms with E-state index in [1.54, 1.807) is 0 Å². The summed E-state index contributed by atoms with van der Waals surface area (Å²) in [5.41, 5.74) is 6.12. The predicted molar refractivity (Wildman–Crippen MR) is 87.6 cm³/mol. The number of benzene rings is 2. The molecule has 2 aromatic rings. The van der Waals surface area contributed by atoms with Crippen LogP contribution in [0.3, 0.4) is 0 Å². The fourth-order valence-electron chi connectivity index (χ4n) is 2.04. The monoisotopic (exact) mass is 356 g/mol. The molecule has 0 aromatic heterocycles. The van der Waals surface area contributed by atoms with Crippen molar-refractivity contribution in [2.24, 2.45) is 0 Å². The SMILES string of the molecule is [CH3][Sn]([CH3])([CH3])[C](=C=Cc1ccccc1)c1ccccc1. The molecule has 19 heavy (non-hydrogen) atoms. The molecule has 0 aliphatic rings. The molecule has 0 fully saturated rings. The van der Waals surface area contributed by atoms with Crippen LogP contribution in [-0.2, 0) is 0 Å². The van der Waals surface area contributed by atoms with Crippen LogP contribution in [0.4, 0.5) is 0 Å². The molecule has 0 amide bonds. The molecule has 0 bridgehead atoms. The van der Waals surface area contributed by atoms with E-state index in [-0.39, 0.29) is 0 Å². The summed E-state index contributed by atoms with van der Waals surface area (Å²) in [4.78, 5) is 7.30. The Balaban J connectivity index is 2.48. The van der Waals surface area contributed by atoms with Crippen molar-refractivity contribution in [3.05, 3.63) is 77.5 Å². The Hall–Kier alpha value is -1.24. The standard InChI is InChI=1S/C15H11.3CH3.Sn/c1-3-8-14(9-4-1)12-7-13-15-10-5-2-6-11-15;;;;/h1-6,8-12H;3*1H3;. The summed E-state index contributed by atoms with van der Waals surface area (Å²) in [6.07, 6.45) is 2.12. The summed E-state index contributed by atoms with van der Waals surface area (Å²) < 4.78 is 1.44. The number of rotatable bonds is 3. The first-order valence-electron chi connectivity index (χ1n) is 6.65. The van der Waals surface area contributed by atoms with Crippen LogP contribution >= 0.6 is 0 Å². The fraction of sp³-hybridized carbons (Fsp3) is 0.167. The van der Waals surface area contributed by atoms with E-state index >= 15 is 0 Å². The van der Waals surface area contributed by atoms with Crippen molar-refractivity contribution in [2.75, 3.05) is 0 Å². The topological polar surface area (TPSA) is 0 Å². The van der Waals surface area contributed by atoms with Gasteiger partial charge < -0.3 is 0 Å². The van der Waals surface area contributed by atoms with Gasteiger partial charge in [-0.3, -0.25) is 0 Å². The third kappa shape index (κ3) is 4.12. The normalized spacial score (nSPS) is 10.7. The van der Waals surface area contributed by atoms with E-state index in [4.69, 9.17) is 0 Å². The first-order valence-corrected chi connectivity index (χ1v) is 16.6. The van der Waals surface area contributed by atoms with Crippen LogP contribution in [0.1, 0.15) is 11.1 Å². The molecule has 1 heteroatoms. The van der Waals surface area contributed by atoms with Gasteiger partial charge in [-0.2, -0.15) is 0 Å². The van der Waals surface area contributed by atoms with Crippen LogP contribution in [0.15, 0.2) is 66.4 Å². The molecule has 0 spiro atoms. The third-order valence-electron chi connectivity index (χ3n) is 3.00. The molecule has 96 valence electrons. The van der Waals surface area contributed by atoms with Crippen molar-refractivity contribution in [2.45, 2.75) is 14.8 Å². The molecule has 0 aliphatic carbocycles. The second-order valence-corrected chi connectivity index (χ2v) is 20.0. The second-order valence-electron chi connectivity index (χ2n) is 5.69. The van der Waals surface area contributed by atoms with E-state index in [2.05, 4.69) is 81.2 Å². The summed E-state index contributed by atoms with van der Waals surface area (Å²) in [6.45, 7) is 0. The molecule has 0 aliphatic heterocycles. The van der Waals surface area contributed by atoms with Gasteiger partial charge in [0.05, 0.1) is 0 Å². The first-order chi connectivity index (χ1) is 9.07. The molecule has 0 unspecified atom stereocenters. The Morgan fingerprint density at radius 1 is 0.842 bits per heavy atom. The molecule has 0 radical (unpaired) electrons. The van der Waals surface area contributed by atoms with Crippen LogP contribution in [0, 0.1) is 0 Å². The third-order valence-corrected chi connectivity index (χ3v) is 8.51. The van der Waals surface area contributed by atoms with E-state index in [0.717, 1.165) is 0 Å².